The first-order valence-electron chi connectivity index (χ1n) is 4.25. The molecule has 2 aromatic heterocycles. The largest absolute Gasteiger partial charge is 0.277 e. The Balaban J connectivity index is 2.32. The summed E-state index contributed by atoms with van der Waals surface area (Å²) >= 11 is 4.35. The highest BCUT2D eigenvalue weighted by Crippen LogP contribution is 2.28. The molecule has 16 heavy (non-hydrogen) atoms. The third-order valence-corrected chi connectivity index (χ3v) is 5.79. The highest BCUT2D eigenvalue weighted by Gasteiger charge is 2.18. The molecule has 0 amide bonds. The lowest BCUT2D eigenvalue weighted by Crippen LogP contribution is -2.11. The van der Waals surface area contributed by atoms with Crippen LogP contribution in [0.2, 0.25) is 0 Å². The number of aromatic nitrogens is 1. The van der Waals surface area contributed by atoms with Crippen LogP contribution in [0, 0.1) is 0 Å². The molecule has 0 aromatic carbocycles. The molecule has 0 aliphatic heterocycles. The standard InChI is InChI=1S/C9H7BrN2O2S2/c10-8-3-5-15-9(8)16(13,14)12-7-2-1-4-11-6-7/h1-6,12H. The summed E-state index contributed by atoms with van der Waals surface area (Å²) in [5.74, 6) is 0. The number of nitrogens with zero attached hydrogens (tertiary/aromatic N) is 1. The molecule has 0 unspecified atom stereocenters. The van der Waals surface area contributed by atoms with Gasteiger partial charge >= 0.3 is 0 Å². The van der Waals surface area contributed by atoms with Crippen LogP contribution in [0.25, 0.3) is 0 Å². The number of hydrogen-bond acceptors (Lipinski definition) is 4. The fourth-order valence-corrected chi connectivity index (χ4v) is 4.48. The van der Waals surface area contributed by atoms with Crippen LogP contribution >= 0.6 is 27.3 Å². The van der Waals surface area contributed by atoms with Gasteiger partial charge in [0.1, 0.15) is 0 Å². The summed E-state index contributed by atoms with van der Waals surface area (Å²) < 4.78 is 27.1. The highest BCUT2D eigenvalue weighted by atomic mass is 79.9. The zero-order valence-electron chi connectivity index (χ0n) is 7.92. The SMILES string of the molecule is O=S(=O)(Nc1cccnc1)c1sccc1Br. The van der Waals surface area contributed by atoms with Crippen molar-refractivity contribution in [3.63, 3.8) is 0 Å². The van der Waals surface area contributed by atoms with Crippen molar-refractivity contribution in [1.82, 2.24) is 4.98 Å². The van der Waals surface area contributed by atoms with Gasteiger partial charge in [-0.2, -0.15) is 0 Å². The summed E-state index contributed by atoms with van der Waals surface area (Å²) in [5.41, 5.74) is 0.447. The van der Waals surface area contributed by atoms with E-state index in [1.807, 2.05) is 0 Å². The van der Waals surface area contributed by atoms with E-state index in [0.717, 1.165) is 11.3 Å². The van der Waals surface area contributed by atoms with Crippen LogP contribution in [0.1, 0.15) is 0 Å². The van der Waals surface area contributed by atoms with Crippen molar-refractivity contribution < 1.29 is 8.42 Å². The molecule has 2 heterocycles. The Bertz CT molecular complexity index is 581. The fourth-order valence-electron chi connectivity index (χ4n) is 1.10. The number of anilines is 1. The summed E-state index contributed by atoms with van der Waals surface area (Å²) in [6.45, 7) is 0. The molecule has 2 aromatic rings. The molecule has 0 bridgehead atoms. The normalized spacial score (nSPS) is 11.3. The maximum Gasteiger partial charge on any atom is 0.272 e. The van der Waals surface area contributed by atoms with Crippen molar-refractivity contribution in [2.45, 2.75) is 4.21 Å². The Morgan fingerprint density at radius 3 is 2.75 bits per heavy atom. The quantitative estimate of drug-likeness (QED) is 0.946. The van der Waals surface area contributed by atoms with Crippen molar-refractivity contribution >= 4 is 43.0 Å². The number of nitrogens with one attached hydrogen (secondary N) is 1. The number of halogens is 1. The second-order valence-electron chi connectivity index (χ2n) is 2.90. The predicted molar refractivity (Wildman–Crippen MR) is 67.1 cm³/mol. The second kappa shape index (κ2) is 4.52. The molecule has 0 spiro atoms. The number of thiophene rings is 1. The molecule has 0 fully saturated rings. The Morgan fingerprint density at radius 1 is 1.38 bits per heavy atom. The van der Waals surface area contributed by atoms with Crippen LogP contribution in [0.3, 0.4) is 0 Å². The molecule has 84 valence electrons. The van der Waals surface area contributed by atoms with E-state index < -0.39 is 10.0 Å². The van der Waals surface area contributed by atoms with Crippen molar-refractivity contribution in [3.05, 3.63) is 40.4 Å². The minimum atomic E-state index is -3.52. The van der Waals surface area contributed by atoms with Gasteiger partial charge in [0.05, 0.1) is 11.9 Å². The molecule has 0 aliphatic rings. The first-order valence-corrected chi connectivity index (χ1v) is 7.41. The van der Waals surface area contributed by atoms with E-state index in [9.17, 15) is 8.42 Å². The van der Waals surface area contributed by atoms with E-state index in [1.165, 1.54) is 6.20 Å². The van der Waals surface area contributed by atoms with E-state index >= 15 is 0 Å². The summed E-state index contributed by atoms with van der Waals surface area (Å²) in [6, 6.07) is 5.01. The van der Waals surface area contributed by atoms with Gasteiger partial charge in [0.25, 0.3) is 10.0 Å². The Labute approximate surface area is 106 Å². The van der Waals surface area contributed by atoms with Crippen LogP contribution in [-0.2, 0) is 10.0 Å². The number of hydrogen-bond donors (Lipinski definition) is 1. The monoisotopic (exact) mass is 318 g/mol. The van der Waals surface area contributed by atoms with Gasteiger partial charge in [-0.05, 0) is 39.5 Å². The molecule has 0 saturated carbocycles. The zero-order valence-corrected chi connectivity index (χ0v) is 11.1. The number of rotatable bonds is 3. The first kappa shape index (κ1) is 11.6. The average molecular weight is 319 g/mol. The van der Waals surface area contributed by atoms with E-state index in [-0.39, 0.29) is 4.21 Å². The van der Waals surface area contributed by atoms with Gasteiger partial charge in [-0.15, -0.1) is 11.3 Å². The van der Waals surface area contributed by atoms with E-state index in [4.69, 9.17) is 0 Å². The minimum absolute atomic E-state index is 0.261. The number of sulfonamides is 1. The van der Waals surface area contributed by atoms with Gasteiger partial charge < -0.3 is 0 Å². The predicted octanol–water partition coefficient (Wildman–Crippen LogP) is 2.71. The second-order valence-corrected chi connectivity index (χ2v) is 6.55. The van der Waals surface area contributed by atoms with E-state index in [0.29, 0.717) is 10.2 Å². The van der Waals surface area contributed by atoms with Crippen LogP contribution in [0.4, 0.5) is 5.69 Å². The molecule has 1 N–H and O–H groups in total. The lowest BCUT2D eigenvalue weighted by atomic mass is 10.4. The van der Waals surface area contributed by atoms with E-state index in [1.54, 1.807) is 29.8 Å². The van der Waals surface area contributed by atoms with Gasteiger partial charge in [-0.1, -0.05) is 0 Å². The molecule has 4 nitrogen and oxygen atoms in total. The van der Waals surface area contributed by atoms with Crippen LogP contribution in [-0.4, -0.2) is 13.4 Å². The third-order valence-electron chi connectivity index (χ3n) is 1.74. The van der Waals surface area contributed by atoms with Crippen molar-refractivity contribution in [1.29, 1.82) is 0 Å². The van der Waals surface area contributed by atoms with Crippen LogP contribution < -0.4 is 4.72 Å². The average Bonchev–Trinajstić information content (AvgIpc) is 2.66. The molecule has 0 atom stereocenters. The van der Waals surface area contributed by atoms with Gasteiger partial charge in [-0.25, -0.2) is 8.42 Å². The summed E-state index contributed by atoms with van der Waals surface area (Å²) in [6.07, 6.45) is 3.04. The van der Waals surface area contributed by atoms with Gasteiger partial charge in [0.15, 0.2) is 4.21 Å². The van der Waals surface area contributed by atoms with Gasteiger partial charge in [0, 0.05) is 10.7 Å². The van der Waals surface area contributed by atoms with Gasteiger partial charge in [0.2, 0.25) is 0 Å². The lowest BCUT2D eigenvalue weighted by Gasteiger charge is -2.05. The van der Waals surface area contributed by atoms with E-state index in [2.05, 4.69) is 25.6 Å². The first-order chi connectivity index (χ1) is 7.59. The Morgan fingerprint density at radius 2 is 2.19 bits per heavy atom. The maximum atomic E-state index is 11.9. The lowest BCUT2D eigenvalue weighted by molar-refractivity contribution is 0.603. The molecule has 0 aliphatic carbocycles. The zero-order chi connectivity index (χ0) is 11.6. The molecule has 7 heteroatoms. The summed E-state index contributed by atoms with van der Waals surface area (Å²) in [4.78, 5) is 3.84. The van der Waals surface area contributed by atoms with Crippen molar-refractivity contribution in [3.8, 4) is 0 Å². The third kappa shape index (κ3) is 2.42. The summed E-state index contributed by atoms with van der Waals surface area (Å²) in [7, 11) is -3.52. The molecule has 0 radical (unpaired) electrons. The summed E-state index contributed by atoms with van der Waals surface area (Å²) in [5, 5.41) is 1.71. The van der Waals surface area contributed by atoms with Crippen LogP contribution in [0.5, 0.6) is 0 Å². The van der Waals surface area contributed by atoms with Crippen molar-refractivity contribution in [2.24, 2.45) is 0 Å². The van der Waals surface area contributed by atoms with Crippen molar-refractivity contribution in [2.75, 3.05) is 4.72 Å². The molecule has 2 rings (SSSR count). The fraction of sp³-hybridized carbons (Fsp3) is 0. The maximum absolute atomic E-state index is 11.9. The number of pyridine rings is 1. The van der Waals surface area contributed by atoms with Gasteiger partial charge in [-0.3, -0.25) is 9.71 Å². The minimum Gasteiger partial charge on any atom is -0.277 e. The highest BCUT2D eigenvalue weighted by molar-refractivity contribution is 9.10. The Hall–Kier alpha value is -0.920. The molecular weight excluding hydrogens is 312 g/mol. The smallest absolute Gasteiger partial charge is 0.272 e. The molecule has 0 saturated heterocycles. The molecular formula is C9H7BrN2O2S2. The van der Waals surface area contributed by atoms with Crippen LogP contribution in [0.15, 0.2) is 44.7 Å². The topological polar surface area (TPSA) is 59.1 Å². The Kier molecular flexibility index (Phi) is 3.27.